The number of benzene rings is 4. The van der Waals surface area contributed by atoms with Crippen LogP contribution in [-0.4, -0.2) is 0 Å². The van der Waals surface area contributed by atoms with Crippen LogP contribution in [0.25, 0.3) is 64.5 Å². The number of thiophene rings is 1. The van der Waals surface area contributed by atoms with Crippen LogP contribution in [0.4, 0.5) is 4.39 Å². The molecule has 0 unspecified atom stereocenters. The molecule has 168 valence electrons. The van der Waals surface area contributed by atoms with Crippen molar-refractivity contribution in [3.05, 3.63) is 103 Å². The monoisotopic (exact) mass is 474 g/mol. The largest absolute Gasteiger partial charge is 0.454 e. The maximum absolute atomic E-state index is 15.4. The van der Waals surface area contributed by atoms with Crippen molar-refractivity contribution in [2.45, 2.75) is 6.92 Å². The third-order valence-electron chi connectivity index (χ3n) is 6.95. The van der Waals surface area contributed by atoms with E-state index in [1.807, 2.05) is 37.5 Å². The summed E-state index contributed by atoms with van der Waals surface area (Å²) in [5.74, 6) is -0.277. The topological polar surface area (TPSA) is 17.0 Å². The SMILES string of the molecule is Cc1ccc2c(oc3c(-c4ccc5c(c4)sc4ccccc45)c(F)ccc32)c1-c1cccc[n+]1C. The van der Waals surface area contributed by atoms with Gasteiger partial charge in [0.2, 0.25) is 5.69 Å². The molecule has 0 saturated carbocycles. The van der Waals surface area contributed by atoms with Crippen LogP contribution in [-0.2, 0) is 7.05 Å². The van der Waals surface area contributed by atoms with Gasteiger partial charge in [-0.1, -0.05) is 42.5 Å². The Hall–Kier alpha value is -4.02. The van der Waals surface area contributed by atoms with Crippen LogP contribution in [0, 0.1) is 12.7 Å². The highest BCUT2D eigenvalue weighted by Crippen LogP contribution is 2.43. The van der Waals surface area contributed by atoms with Gasteiger partial charge in [-0.2, -0.15) is 0 Å². The van der Waals surface area contributed by atoms with Gasteiger partial charge in [0, 0.05) is 43.1 Å². The number of hydrogen-bond acceptors (Lipinski definition) is 2. The highest BCUT2D eigenvalue weighted by molar-refractivity contribution is 7.25. The van der Waals surface area contributed by atoms with Gasteiger partial charge in [0.1, 0.15) is 24.0 Å². The van der Waals surface area contributed by atoms with Gasteiger partial charge in [0.15, 0.2) is 6.20 Å². The molecule has 0 spiro atoms. The number of furan rings is 1. The van der Waals surface area contributed by atoms with Gasteiger partial charge < -0.3 is 4.42 Å². The molecule has 0 aliphatic carbocycles. The minimum atomic E-state index is -0.277. The summed E-state index contributed by atoms with van der Waals surface area (Å²) in [4.78, 5) is 0. The lowest BCUT2D eigenvalue weighted by Crippen LogP contribution is -2.30. The van der Waals surface area contributed by atoms with E-state index in [2.05, 4.69) is 66.1 Å². The Morgan fingerprint density at radius 1 is 0.714 bits per heavy atom. The molecule has 0 atom stereocenters. The summed E-state index contributed by atoms with van der Waals surface area (Å²) >= 11 is 1.73. The summed E-state index contributed by atoms with van der Waals surface area (Å²) in [6.45, 7) is 2.09. The zero-order chi connectivity index (χ0) is 23.7. The van der Waals surface area contributed by atoms with Crippen molar-refractivity contribution in [1.29, 1.82) is 0 Å². The summed E-state index contributed by atoms with van der Waals surface area (Å²) < 4.78 is 26.5. The smallest absolute Gasteiger partial charge is 0.216 e. The first-order valence-electron chi connectivity index (χ1n) is 11.6. The summed E-state index contributed by atoms with van der Waals surface area (Å²) in [7, 11) is 2.03. The van der Waals surface area contributed by atoms with Crippen molar-refractivity contribution in [3.8, 4) is 22.4 Å². The summed E-state index contributed by atoms with van der Waals surface area (Å²) in [6.07, 6.45) is 2.03. The van der Waals surface area contributed by atoms with Gasteiger partial charge in [-0.15, -0.1) is 11.3 Å². The van der Waals surface area contributed by atoms with Gasteiger partial charge in [-0.25, -0.2) is 8.96 Å². The molecule has 3 aromatic heterocycles. The first kappa shape index (κ1) is 20.4. The molecule has 0 amide bonds. The summed E-state index contributed by atoms with van der Waals surface area (Å²) in [6, 6.07) is 28.3. The molecule has 0 aliphatic rings. The van der Waals surface area contributed by atoms with E-state index >= 15 is 4.39 Å². The maximum atomic E-state index is 15.4. The van der Waals surface area contributed by atoms with Crippen molar-refractivity contribution in [2.75, 3.05) is 0 Å². The zero-order valence-corrected chi connectivity index (χ0v) is 20.1. The van der Waals surface area contributed by atoms with E-state index in [1.54, 1.807) is 17.4 Å². The van der Waals surface area contributed by atoms with Crippen molar-refractivity contribution >= 4 is 53.4 Å². The van der Waals surface area contributed by atoms with E-state index < -0.39 is 0 Å². The Kier molecular flexibility index (Phi) is 4.36. The van der Waals surface area contributed by atoms with Gasteiger partial charge in [-0.3, -0.25) is 0 Å². The molecule has 0 fully saturated rings. The molecule has 4 aromatic carbocycles. The number of rotatable bonds is 2. The van der Waals surface area contributed by atoms with Gasteiger partial charge >= 0.3 is 0 Å². The number of pyridine rings is 1. The Balaban J connectivity index is 1.54. The fourth-order valence-corrected chi connectivity index (χ4v) is 6.38. The normalized spacial score (nSPS) is 11.9. The predicted molar refractivity (Wildman–Crippen MR) is 143 cm³/mol. The molecule has 0 radical (unpaired) electrons. The second-order valence-corrected chi connectivity index (χ2v) is 10.1. The number of aryl methyl sites for hydroxylation is 2. The molecule has 4 heteroatoms. The van der Waals surface area contributed by atoms with Gasteiger partial charge in [0.05, 0.1) is 11.1 Å². The minimum Gasteiger partial charge on any atom is -0.454 e. The standard InChI is InChI=1S/C31H21FNOS/c1-18-10-12-22-23-14-15-24(32)29(31(23)34-30(22)28(18)25-8-5-6-16-33(25)2)19-11-13-21-20-7-3-4-9-26(20)35-27(21)17-19/h3-17H,1-2H3/q+1. The first-order valence-corrected chi connectivity index (χ1v) is 12.4. The highest BCUT2D eigenvalue weighted by atomic mass is 32.1. The molecule has 3 heterocycles. The first-order chi connectivity index (χ1) is 17.1. The maximum Gasteiger partial charge on any atom is 0.216 e. The fraction of sp³-hybridized carbons (Fsp3) is 0.0645. The van der Waals surface area contributed by atoms with Crippen LogP contribution >= 0.6 is 11.3 Å². The Labute approximate surface area is 205 Å². The minimum absolute atomic E-state index is 0.277. The van der Waals surface area contributed by atoms with Crippen LogP contribution in [0.5, 0.6) is 0 Å². The van der Waals surface area contributed by atoms with Crippen molar-refractivity contribution < 1.29 is 13.4 Å². The molecular weight excluding hydrogens is 453 g/mol. The quantitative estimate of drug-likeness (QED) is 0.229. The van der Waals surface area contributed by atoms with Crippen LogP contribution in [0.2, 0.25) is 0 Å². The number of hydrogen-bond donors (Lipinski definition) is 0. The number of halogens is 1. The highest BCUT2D eigenvalue weighted by Gasteiger charge is 2.23. The molecule has 0 aliphatic heterocycles. The molecule has 0 N–H and O–H groups in total. The van der Waals surface area contributed by atoms with Crippen molar-refractivity contribution in [2.24, 2.45) is 7.05 Å². The second-order valence-electron chi connectivity index (χ2n) is 9.04. The number of fused-ring (bicyclic) bond motifs is 6. The van der Waals surface area contributed by atoms with E-state index in [0.717, 1.165) is 43.4 Å². The lowest BCUT2D eigenvalue weighted by molar-refractivity contribution is -0.660. The molecule has 7 aromatic rings. The lowest BCUT2D eigenvalue weighted by atomic mass is 9.98. The van der Waals surface area contributed by atoms with Gasteiger partial charge in [0.25, 0.3) is 0 Å². The van der Waals surface area contributed by atoms with E-state index in [9.17, 15) is 0 Å². The molecule has 7 rings (SSSR count). The lowest BCUT2D eigenvalue weighted by Gasteiger charge is -2.05. The third-order valence-corrected chi connectivity index (χ3v) is 8.08. The average molecular weight is 475 g/mol. The van der Waals surface area contributed by atoms with Crippen molar-refractivity contribution in [3.63, 3.8) is 0 Å². The summed E-state index contributed by atoms with van der Waals surface area (Å²) in [5.41, 5.74) is 5.93. The molecule has 35 heavy (non-hydrogen) atoms. The van der Waals surface area contributed by atoms with Crippen LogP contribution in [0.3, 0.4) is 0 Å². The van der Waals surface area contributed by atoms with Crippen LogP contribution in [0.15, 0.2) is 95.5 Å². The number of aromatic nitrogens is 1. The molecule has 0 bridgehead atoms. The fourth-order valence-electron chi connectivity index (χ4n) is 5.23. The summed E-state index contributed by atoms with van der Waals surface area (Å²) in [5, 5.41) is 4.35. The van der Waals surface area contributed by atoms with Crippen molar-refractivity contribution in [1.82, 2.24) is 0 Å². The van der Waals surface area contributed by atoms with E-state index in [0.29, 0.717) is 11.1 Å². The Bertz CT molecular complexity index is 1950. The Morgan fingerprint density at radius 2 is 1.43 bits per heavy atom. The molecular formula is C31H21FNOS+. The zero-order valence-electron chi connectivity index (χ0n) is 19.3. The van der Waals surface area contributed by atoms with E-state index in [1.165, 1.54) is 15.5 Å². The Morgan fingerprint density at radius 3 is 2.29 bits per heavy atom. The third kappa shape index (κ3) is 2.96. The number of nitrogens with zero attached hydrogens (tertiary/aromatic N) is 1. The second kappa shape index (κ2) is 7.49. The van der Waals surface area contributed by atoms with Crippen LogP contribution in [0.1, 0.15) is 5.56 Å². The molecule has 2 nitrogen and oxygen atoms in total. The predicted octanol–water partition coefficient (Wildman–Crippen LogP) is 8.56. The van der Waals surface area contributed by atoms with E-state index in [4.69, 9.17) is 4.42 Å². The van der Waals surface area contributed by atoms with Gasteiger partial charge in [-0.05, 0) is 48.4 Å². The van der Waals surface area contributed by atoms with Crippen LogP contribution < -0.4 is 4.57 Å². The van der Waals surface area contributed by atoms with E-state index in [-0.39, 0.29) is 5.82 Å². The average Bonchev–Trinajstić information content (AvgIpc) is 3.42. The molecule has 0 saturated heterocycles.